The second-order valence-corrected chi connectivity index (χ2v) is 13.4. The molecule has 0 aliphatic heterocycles. The summed E-state index contributed by atoms with van der Waals surface area (Å²) in [6, 6.07) is 65.6. The summed E-state index contributed by atoms with van der Waals surface area (Å²) < 4.78 is 11.1. The molecule has 3 nitrogen and oxygen atoms in total. The van der Waals surface area contributed by atoms with E-state index in [-0.39, 0.29) is 0 Å². The van der Waals surface area contributed by atoms with Crippen molar-refractivity contribution < 1.29 is 4.42 Å². The summed E-state index contributed by atoms with van der Waals surface area (Å²) in [5.41, 5.74) is 13.6. The minimum atomic E-state index is 0.911. The predicted molar refractivity (Wildman–Crippen MR) is 213 cm³/mol. The van der Waals surface area contributed by atoms with Gasteiger partial charge in [-0.05, 0) is 89.0 Å². The Morgan fingerprint density at radius 2 is 0.824 bits per heavy atom. The summed E-state index contributed by atoms with van der Waals surface area (Å²) in [7, 11) is 0. The van der Waals surface area contributed by atoms with Crippen LogP contribution in [0.25, 0.3) is 99.2 Å². The van der Waals surface area contributed by atoms with Crippen molar-refractivity contribution in [2.24, 2.45) is 0 Å². The molecule has 0 aliphatic carbocycles. The Labute approximate surface area is 293 Å². The van der Waals surface area contributed by atoms with Crippen LogP contribution in [0, 0.1) is 0 Å². The molecule has 8 aromatic carbocycles. The zero-order valence-electron chi connectivity index (χ0n) is 27.6. The molecule has 0 saturated heterocycles. The molecule has 238 valence electrons. The van der Waals surface area contributed by atoms with Crippen LogP contribution < -0.4 is 0 Å². The zero-order chi connectivity index (χ0) is 33.5. The lowest BCUT2D eigenvalue weighted by molar-refractivity contribution is 0.669. The van der Waals surface area contributed by atoms with Gasteiger partial charge in [0.05, 0.1) is 22.1 Å². The van der Waals surface area contributed by atoms with Gasteiger partial charge in [0, 0.05) is 43.7 Å². The molecule has 0 fully saturated rings. The first-order valence-corrected chi connectivity index (χ1v) is 17.4. The zero-order valence-corrected chi connectivity index (χ0v) is 27.6. The van der Waals surface area contributed by atoms with Crippen LogP contribution in [0.15, 0.2) is 186 Å². The molecule has 0 N–H and O–H groups in total. The lowest BCUT2D eigenvalue weighted by atomic mass is 10.0. The first-order chi connectivity index (χ1) is 25.3. The van der Waals surface area contributed by atoms with Crippen LogP contribution in [-0.2, 0) is 0 Å². The van der Waals surface area contributed by atoms with Crippen LogP contribution in [-0.4, -0.2) is 9.13 Å². The first kappa shape index (κ1) is 28.0. The molecule has 0 aliphatic rings. The maximum absolute atomic E-state index is 6.21. The number of rotatable bonds is 4. The molecule has 0 amide bonds. The van der Waals surface area contributed by atoms with Crippen molar-refractivity contribution in [1.82, 2.24) is 9.13 Å². The first-order valence-electron chi connectivity index (χ1n) is 17.4. The van der Waals surface area contributed by atoms with E-state index < -0.39 is 0 Å². The molecule has 11 rings (SSSR count). The van der Waals surface area contributed by atoms with E-state index in [0.29, 0.717) is 0 Å². The number of aromatic nitrogens is 2. The highest BCUT2D eigenvalue weighted by atomic mass is 16.3. The van der Waals surface area contributed by atoms with Gasteiger partial charge in [-0.3, -0.25) is 0 Å². The average Bonchev–Trinajstić information content (AvgIpc) is 3.84. The maximum Gasteiger partial charge on any atom is 0.136 e. The molecule has 0 spiro atoms. The fraction of sp³-hybridized carbons (Fsp3) is 0. The smallest absolute Gasteiger partial charge is 0.136 e. The second kappa shape index (κ2) is 10.8. The number of fused-ring (bicyclic) bond motifs is 9. The quantitative estimate of drug-likeness (QED) is 0.186. The molecule has 0 atom stereocenters. The van der Waals surface area contributed by atoms with Gasteiger partial charge in [0.1, 0.15) is 11.2 Å². The van der Waals surface area contributed by atoms with Gasteiger partial charge in [-0.1, -0.05) is 115 Å². The van der Waals surface area contributed by atoms with Gasteiger partial charge in [0.15, 0.2) is 0 Å². The predicted octanol–water partition coefficient (Wildman–Crippen LogP) is 13.1. The number of hydrogen-bond acceptors (Lipinski definition) is 1. The van der Waals surface area contributed by atoms with Gasteiger partial charge in [-0.2, -0.15) is 0 Å². The lowest BCUT2D eigenvalue weighted by Gasteiger charge is -2.12. The van der Waals surface area contributed by atoms with E-state index in [0.717, 1.165) is 44.4 Å². The molecule has 3 aromatic heterocycles. The standard InChI is InChI=1S/C48H30N2O/c1-2-11-31(12-3-1)33-13-10-14-36(27-33)50-44-19-8-5-16-38(44)42-29-41-37-15-4-7-18-43(37)49(45(41)30-46(42)50)35-24-21-32(22-25-35)34-23-26-40-39-17-6-9-20-47(39)51-48(40)28-34/h1-30H. The van der Waals surface area contributed by atoms with Crippen LogP contribution in [0.3, 0.4) is 0 Å². The summed E-state index contributed by atoms with van der Waals surface area (Å²) in [6.07, 6.45) is 0. The van der Waals surface area contributed by atoms with E-state index in [2.05, 4.69) is 179 Å². The summed E-state index contributed by atoms with van der Waals surface area (Å²) in [6.45, 7) is 0. The highest BCUT2D eigenvalue weighted by molar-refractivity contribution is 6.19. The van der Waals surface area contributed by atoms with Crippen molar-refractivity contribution in [3.63, 3.8) is 0 Å². The number of benzene rings is 8. The van der Waals surface area contributed by atoms with E-state index in [9.17, 15) is 0 Å². The van der Waals surface area contributed by atoms with Gasteiger partial charge < -0.3 is 13.6 Å². The van der Waals surface area contributed by atoms with E-state index >= 15 is 0 Å². The van der Waals surface area contributed by atoms with Crippen molar-refractivity contribution >= 4 is 65.6 Å². The second-order valence-electron chi connectivity index (χ2n) is 13.4. The van der Waals surface area contributed by atoms with Crippen molar-refractivity contribution in [3.05, 3.63) is 182 Å². The van der Waals surface area contributed by atoms with Crippen LogP contribution in [0.2, 0.25) is 0 Å². The Bertz CT molecular complexity index is 3120. The minimum Gasteiger partial charge on any atom is -0.456 e. The molecule has 0 radical (unpaired) electrons. The van der Waals surface area contributed by atoms with Crippen molar-refractivity contribution in [1.29, 1.82) is 0 Å². The molecular formula is C48H30N2O. The minimum absolute atomic E-state index is 0.911. The molecular weight excluding hydrogens is 621 g/mol. The lowest BCUT2D eigenvalue weighted by Crippen LogP contribution is -1.96. The fourth-order valence-corrected chi connectivity index (χ4v) is 8.15. The van der Waals surface area contributed by atoms with Crippen LogP contribution in [0.1, 0.15) is 0 Å². The largest absolute Gasteiger partial charge is 0.456 e. The number of furan rings is 1. The Morgan fingerprint density at radius 3 is 1.57 bits per heavy atom. The third kappa shape index (κ3) is 4.25. The number of nitrogens with zero attached hydrogens (tertiary/aromatic N) is 2. The highest BCUT2D eigenvalue weighted by Crippen LogP contribution is 2.40. The summed E-state index contributed by atoms with van der Waals surface area (Å²) in [5.74, 6) is 0. The molecule has 11 aromatic rings. The van der Waals surface area contributed by atoms with Gasteiger partial charge in [-0.25, -0.2) is 0 Å². The monoisotopic (exact) mass is 650 g/mol. The van der Waals surface area contributed by atoms with E-state index in [1.807, 2.05) is 12.1 Å². The number of para-hydroxylation sites is 3. The Morgan fingerprint density at radius 1 is 0.275 bits per heavy atom. The van der Waals surface area contributed by atoms with Crippen molar-refractivity contribution in [2.75, 3.05) is 0 Å². The Kier molecular flexibility index (Phi) is 5.96. The summed E-state index contributed by atoms with van der Waals surface area (Å²) in [5, 5.41) is 7.30. The molecule has 51 heavy (non-hydrogen) atoms. The number of hydrogen-bond donors (Lipinski definition) is 0. The van der Waals surface area contributed by atoms with Gasteiger partial charge in [-0.15, -0.1) is 0 Å². The van der Waals surface area contributed by atoms with Gasteiger partial charge in [0.2, 0.25) is 0 Å². The van der Waals surface area contributed by atoms with E-state index in [1.54, 1.807) is 0 Å². The van der Waals surface area contributed by atoms with E-state index in [4.69, 9.17) is 4.42 Å². The van der Waals surface area contributed by atoms with Crippen molar-refractivity contribution in [2.45, 2.75) is 0 Å². The average molecular weight is 651 g/mol. The van der Waals surface area contributed by atoms with Crippen molar-refractivity contribution in [3.8, 4) is 33.6 Å². The highest BCUT2D eigenvalue weighted by Gasteiger charge is 2.19. The maximum atomic E-state index is 6.21. The Hall–Kier alpha value is -6.84. The van der Waals surface area contributed by atoms with Gasteiger partial charge >= 0.3 is 0 Å². The Balaban J connectivity index is 1.11. The van der Waals surface area contributed by atoms with Crippen LogP contribution in [0.5, 0.6) is 0 Å². The van der Waals surface area contributed by atoms with Crippen LogP contribution in [0.4, 0.5) is 0 Å². The van der Waals surface area contributed by atoms with Crippen LogP contribution >= 0.6 is 0 Å². The molecule has 0 unspecified atom stereocenters. The third-order valence-electron chi connectivity index (χ3n) is 10.5. The molecule has 3 heteroatoms. The summed E-state index contributed by atoms with van der Waals surface area (Å²) in [4.78, 5) is 0. The third-order valence-corrected chi connectivity index (χ3v) is 10.5. The molecule has 0 bridgehead atoms. The fourth-order valence-electron chi connectivity index (χ4n) is 8.15. The molecule has 0 saturated carbocycles. The SMILES string of the molecule is c1ccc(-c2cccc(-n3c4ccccc4c4cc5c6ccccc6n(-c6ccc(-c7ccc8c(c7)oc7ccccc78)cc6)c5cc43)c2)cc1. The topological polar surface area (TPSA) is 23.0 Å². The van der Waals surface area contributed by atoms with Gasteiger partial charge in [0.25, 0.3) is 0 Å². The normalized spacial score (nSPS) is 11.9. The van der Waals surface area contributed by atoms with E-state index in [1.165, 1.54) is 54.7 Å². The molecule has 3 heterocycles. The summed E-state index contributed by atoms with van der Waals surface area (Å²) >= 11 is 0.